The Kier molecular flexibility index (Phi) is 12.2. The molecule has 1 aliphatic heterocycles. The Morgan fingerprint density at radius 3 is 2.44 bits per heavy atom. The van der Waals surface area contributed by atoms with E-state index in [9.17, 15) is 0 Å². The third kappa shape index (κ3) is 8.15. The molecule has 2 N–H and O–H groups in total. The lowest BCUT2D eigenvalue weighted by Gasteiger charge is -2.35. The first kappa shape index (κ1) is 26.2. The minimum absolute atomic E-state index is 0.180. The van der Waals surface area contributed by atoms with Crippen molar-refractivity contribution in [3.8, 4) is 11.5 Å². The van der Waals surface area contributed by atoms with E-state index in [1.54, 1.807) is 14.2 Å². The van der Waals surface area contributed by atoms with Crippen LogP contribution < -0.4 is 20.1 Å². The molecule has 8 nitrogen and oxygen atoms in total. The number of ether oxygens (including phenoxy) is 3. The van der Waals surface area contributed by atoms with Gasteiger partial charge in [-0.3, -0.25) is 9.89 Å². The Morgan fingerprint density at radius 1 is 1.09 bits per heavy atom. The van der Waals surface area contributed by atoms with Gasteiger partial charge in [0.2, 0.25) is 0 Å². The van der Waals surface area contributed by atoms with E-state index in [-0.39, 0.29) is 6.04 Å². The van der Waals surface area contributed by atoms with Gasteiger partial charge in [-0.25, -0.2) is 0 Å². The monoisotopic (exact) mass is 449 g/mol. The normalized spacial score (nSPS) is 16.1. The quantitative estimate of drug-likeness (QED) is 0.272. The lowest BCUT2D eigenvalue weighted by Crippen LogP contribution is -2.46. The number of morpholine rings is 1. The first-order valence-corrected chi connectivity index (χ1v) is 11.9. The highest BCUT2D eigenvalue weighted by atomic mass is 16.5. The molecule has 1 atom stereocenters. The molecule has 1 saturated heterocycles. The summed E-state index contributed by atoms with van der Waals surface area (Å²) in [6.45, 7) is 12.8. The number of benzene rings is 1. The predicted molar refractivity (Wildman–Crippen MR) is 131 cm³/mol. The number of hydrogen-bond donors (Lipinski definition) is 2. The van der Waals surface area contributed by atoms with Gasteiger partial charge in [0.15, 0.2) is 17.5 Å². The fourth-order valence-corrected chi connectivity index (χ4v) is 4.03. The van der Waals surface area contributed by atoms with Crippen LogP contribution in [0, 0.1) is 0 Å². The molecule has 1 fully saturated rings. The summed E-state index contributed by atoms with van der Waals surface area (Å²) in [6, 6.07) is 6.35. The first-order chi connectivity index (χ1) is 15.7. The topological polar surface area (TPSA) is 70.6 Å². The standard InChI is InChI=1S/C24H43N5O3/c1-6-28(7-2)13-9-8-12-26-24(25-3)27-19-21(29-14-16-32-17-15-29)20-10-11-22(30-4)23(18-20)31-5/h10-11,18,21H,6-9,12-17,19H2,1-5H3,(H2,25,26,27). The second kappa shape index (κ2) is 14.9. The summed E-state index contributed by atoms with van der Waals surface area (Å²) in [6.07, 6.45) is 2.31. The van der Waals surface area contributed by atoms with Crippen LogP contribution >= 0.6 is 0 Å². The van der Waals surface area contributed by atoms with E-state index < -0.39 is 0 Å². The van der Waals surface area contributed by atoms with Gasteiger partial charge in [-0.05, 0) is 50.2 Å². The molecule has 32 heavy (non-hydrogen) atoms. The Bertz CT molecular complexity index is 676. The van der Waals surface area contributed by atoms with Gasteiger partial charge in [0.05, 0.1) is 33.5 Å². The Labute approximate surface area is 194 Å². The fraction of sp³-hybridized carbons (Fsp3) is 0.708. The zero-order valence-electron chi connectivity index (χ0n) is 20.7. The van der Waals surface area contributed by atoms with Crippen molar-refractivity contribution < 1.29 is 14.2 Å². The molecule has 0 saturated carbocycles. The van der Waals surface area contributed by atoms with Crippen molar-refractivity contribution in [2.24, 2.45) is 4.99 Å². The van der Waals surface area contributed by atoms with E-state index in [0.717, 1.165) is 82.9 Å². The summed E-state index contributed by atoms with van der Waals surface area (Å²) in [5.41, 5.74) is 1.19. The number of nitrogens with one attached hydrogen (secondary N) is 2. The fourth-order valence-electron chi connectivity index (χ4n) is 4.03. The van der Waals surface area contributed by atoms with Gasteiger partial charge in [-0.15, -0.1) is 0 Å². The highest BCUT2D eigenvalue weighted by molar-refractivity contribution is 5.79. The van der Waals surface area contributed by atoms with E-state index in [1.807, 2.05) is 13.1 Å². The number of methoxy groups -OCH3 is 2. The van der Waals surface area contributed by atoms with Crippen LogP contribution in [-0.2, 0) is 4.74 Å². The lowest BCUT2D eigenvalue weighted by molar-refractivity contribution is 0.0169. The molecule has 0 aliphatic carbocycles. The molecule has 0 radical (unpaired) electrons. The molecule has 1 heterocycles. The van der Waals surface area contributed by atoms with Crippen LogP contribution in [0.1, 0.15) is 38.3 Å². The average Bonchev–Trinajstić information content (AvgIpc) is 2.85. The maximum Gasteiger partial charge on any atom is 0.191 e. The molecule has 2 rings (SSSR count). The molecule has 1 aromatic carbocycles. The summed E-state index contributed by atoms with van der Waals surface area (Å²) in [4.78, 5) is 9.34. The van der Waals surface area contributed by atoms with Crippen molar-refractivity contribution >= 4 is 5.96 Å². The lowest BCUT2D eigenvalue weighted by atomic mass is 10.0. The third-order valence-electron chi connectivity index (χ3n) is 6.05. The maximum absolute atomic E-state index is 5.58. The van der Waals surface area contributed by atoms with Crippen LogP contribution in [-0.4, -0.2) is 96.1 Å². The van der Waals surface area contributed by atoms with Gasteiger partial charge in [0, 0.05) is 33.2 Å². The van der Waals surface area contributed by atoms with Crippen molar-refractivity contribution in [2.45, 2.75) is 32.7 Å². The second-order valence-corrected chi connectivity index (χ2v) is 7.89. The first-order valence-electron chi connectivity index (χ1n) is 11.9. The molecule has 8 heteroatoms. The zero-order valence-corrected chi connectivity index (χ0v) is 20.7. The van der Waals surface area contributed by atoms with Gasteiger partial charge >= 0.3 is 0 Å². The largest absolute Gasteiger partial charge is 0.493 e. The van der Waals surface area contributed by atoms with Gasteiger partial charge in [0.25, 0.3) is 0 Å². The van der Waals surface area contributed by atoms with Gasteiger partial charge in [-0.2, -0.15) is 0 Å². The number of rotatable bonds is 13. The molecule has 182 valence electrons. The van der Waals surface area contributed by atoms with E-state index in [2.05, 4.69) is 51.4 Å². The van der Waals surface area contributed by atoms with Crippen LogP contribution in [0.25, 0.3) is 0 Å². The summed E-state index contributed by atoms with van der Waals surface area (Å²) < 4.78 is 16.5. The highest BCUT2D eigenvalue weighted by Crippen LogP contribution is 2.32. The van der Waals surface area contributed by atoms with Crippen molar-refractivity contribution in [1.82, 2.24) is 20.4 Å². The number of hydrogen-bond acceptors (Lipinski definition) is 6. The predicted octanol–water partition coefficient (Wildman–Crippen LogP) is 2.36. The zero-order chi connectivity index (χ0) is 23.2. The SMILES string of the molecule is CCN(CC)CCCCNC(=NC)NCC(c1ccc(OC)c(OC)c1)N1CCOCC1. The molecule has 0 spiro atoms. The molecule has 0 bridgehead atoms. The number of aliphatic imine (C=N–C) groups is 1. The number of guanidine groups is 1. The number of unbranched alkanes of at least 4 members (excludes halogenated alkanes) is 1. The van der Waals surface area contributed by atoms with E-state index in [1.165, 1.54) is 12.0 Å². The van der Waals surface area contributed by atoms with Crippen LogP contribution in [0.15, 0.2) is 23.2 Å². The molecule has 0 aromatic heterocycles. The van der Waals surface area contributed by atoms with Crippen LogP contribution in [0.4, 0.5) is 0 Å². The van der Waals surface area contributed by atoms with Crippen LogP contribution in [0.3, 0.4) is 0 Å². The summed E-state index contributed by atoms with van der Waals surface area (Å²) in [5, 5.41) is 6.99. The highest BCUT2D eigenvalue weighted by Gasteiger charge is 2.24. The van der Waals surface area contributed by atoms with Crippen molar-refractivity contribution in [2.75, 3.05) is 80.3 Å². The van der Waals surface area contributed by atoms with E-state index in [0.29, 0.717) is 0 Å². The smallest absolute Gasteiger partial charge is 0.191 e. The Balaban J connectivity index is 1.95. The Hall–Kier alpha value is -2.03. The van der Waals surface area contributed by atoms with Crippen LogP contribution in [0.2, 0.25) is 0 Å². The summed E-state index contributed by atoms with van der Waals surface area (Å²) in [7, 11) is 5.16. The minimum atomic E-state index is 0.180. The second-order valence-electron chi connectivity index (χ2n) is 7.89. The molecular weight excluding hydrogens is 406 g/mol. The molecule has 1 unspecified atom stereocenters. The van der Waals surface area contributed by atoms with Crippen LogP contribution in [0.5, 0.6) is 11.5 Å². The third-order valence-corrected chi connectivity index (χ3v) is 6.05. The molecular formula is C24H43N5O3. The Morgan fingerprint density at radius 2 is 1.81 bits per heavy atom. The van der Waals surface area contributed by atoms with Gasteiger partial charge in [0.1, 0.15) is 0 Å². The maximum atomic E-state index is 5.58. The average molecular weight is 450 g/mol. The van der Waals surface area contributed by atoms with E-state index in [4.69, 9.17) is 14.2 Å². The summed E-state index contributed by atoms with van der Waals surface area (Å²) >= 11 is 0. The number of nitrogens with zero attached hydrogens (tertiary/aromatic N) is 3. The van der Waals surface area contributed by atoms with Crippen molar-refractivity contribution in [1.29, 1.82) is 0 Å². The molecule has 0 amide bonds. The van der Waals surface area contributed by atoms with E-state index >= 15 is 0 Å². The van der Waals surface area contributed by atoms with Gasteiger partial charge in [-0.1, -0.05) is 19.9 Å². The molecule has 1 aliphatic rings. The molecule has 1 aromatic rings. The summed E-state index contributed by atoms with van der Waals surface area (Å²) in [5.74, 6) is 2.33. The van der Waals surface area contributed by atoms with Gasteiger partial charge < -0.3 is 29.7 Å². The van der Waals surface area contributed by atoms with Crippen molar-refractivity contribution in [3.63, 3.8) is 0 Å². The van der Waals surface area contributed by atoms with Crippen molar-refractivity contribution in [3.05, 3.63) is 23.8 Å². The minimum Gasteiger partial charge on any atom is -0.493 e.